The molecule has 222 valence electrons. The van der Waals surface area contributed by atoms with Gasteiger partial charge < -0.3 is 29.4 Å². The molecule has 1 aromatic carbocycles. The maximum Gasteiger partial charge on any atom is 0.253 e. The van der Waals surface area contributed by atoms with Gasteiger partial charge in [-0.15, -0.1) is 0 Å². The minimum atomic E-state index is -1.34. The van der Waals surface area contributed by atoms with E-state index in [9.17, 15) is 19.5 Å². The molecule has 4 heterocycles. The Bertz CT molecular complexity index is 1240. The quantitative estimate of drug-likeness (QED) is 0.488. The van der Waals surface area contributed by atoms with Crippen LogP contribution in [0.1, 0.15) is 41.0 Å². The highest BCUT2D eigenvalue weighted by atomic mass is 16.5. The Hall–Kier alpha value is -3.17. The van der Waals surface area contributed by atoms with Gasteiger partial charge in [0.1, 0.15) is 11.6 Å². The van der Waals surface area contributed by atoms with Crippen LogP contribution in [-0.4, -0.2) is 95.7 Å². The summed E-state index contributed by atoms with van der Waals surface area (Å²) < 4.78 is 6.87. The average Bonchev–Trinajstić information content (AvgIpc) is 3.24. The average molecular weight is 565 g/mol. The number of carbonyl (C=O) groups is 3. The second-order valence-electron chi connectivity index (χ2n) is 12.0. The van der Waals surface area contributed by atoms with E-state index in [1.807, 2.05) is 69.3 Å². The molecule has 3 amide bonds. The van der Waals surface area contributed by atoms with Crippen LogP contribution < -0.4 is 9.80 Å². The van der Waals surface area contributed by atoms with Crippen LogP contribution in [0.15, 0.2) is 48.6 Å². The number of aliphatic hydroxyl groups excluding tert-OH is 1. The SMILES string of the molecule is CC[C@H](C)[C@H](CO)N1C(=O)[C@@H]2[C@@H]3C(=O)N(C)CC=C[C@]3(C)O[C@@]23C=CCN(c2ccc(N(CC)CC)cc2)C(=O)C13. The number of aliphatic hydroxyl groups is 1. The molecule has 0 aromatic heterocycles. The number of hydrogen-bond acceptors (Lipinski definition) is 6. The zero-order chi connectivity index (χ0) is 29.7. The number of likely N-dealkylation sites (tertiary alicyclic amines) is 1. The number of hydrogen-bond donors (Lipinski definition) is 1. The van der Waals surface area contributed by atoms with Crippen molar-refractivity contribution in [1.29, 1.82) is 0 Å². The molecule has 4 aliphatic rings. The summed E-state index contributed by atoms with van der Waals surface area (Å²) in [5, 5.41) is 10.6. The lowest BCUT2D eigenvalue weighted by atomic mass is 9.74. The number of rotatable bonds is 8. The molecule has 9 heteroatoms. The third-order valence-corrected chi connectivity index (χ3v) is 9.83. The summed E-state index contributed by atoms with van der Waals surface area (Å²) >= 11 is 0. The molecule has 0 bridgehead atoms. The van der Waals surface area contributed by atoms with Gasteiger partial charge in [-0.05, 0) is 51.0 Å². The van der Waals surface area contributed by atoms with Crippen molar-refractivity contribution in [3.8, 4) is 0 Å². The van der Waals surface area contributed by atoms with Crippen molar-refractivity contribution in [2.45, 2.75) is 64.3 Å². The molecular weight excluding hydrogens is 520 g/mol. The third kappa shape index (κ3) is 4.39. The van der Waals surface area contributed by atoms with Crippen LogP contribution in [0.2, 0.25) is 0 Å². The molecule has 1 aromatic rings. The number of anilines is 2. The van der Waals surface area contributed by atoms with Crippen molar-refractivity contribution in [1.82, 2.24) is 9.80 Å². The zero-order valence-electron chi connectivity index (χ0n) is 25.1. The van der Waals surface area contributed by atoms with Crippen molar-refractivity contribution < 1.29 is 24.2 Å². The van der Waals surface area contributed by atoms with Gasteiger partial charge in [0.05, 0.1) is 30.1 Å². The molecule has 41 heavy (non-hydrogen) atoms. The molecule has 1 spiro atoms. The summed E-state index contributed by atoms with van der Waals surface area (Å²) in [6.45, 7) is 12.2. The highest BCUT2D eigenvalue weighted by Crippen LogP contribution is 2.58. The van der Waals surface area contributed by atoms with E-state index in [1.165, 1.54) is 0 Å². The molecule has 2 fully saturated rings. The summed E-state index contributed by atoms with van der Waals surface area (Å²) in [7, 11) is 1.73. The van der Waals surface area contributed by atoms with Gasteiger partial charge >= 0.3 is 0 Å². The molecule has 0 aliphatic carbocycles. The van der Waals surface area contributed by atoms with Gasteiger partial charge in [0, 0.05) is 44.6 Å². The van der Waals surface area contributed by atoms with Crippen molar-refractivity contribution in [3.63, 3.8) is 0 Å². The summed E-state index contributed by atoms with van der Waals surface area (Å²) in [6.07, 6.45) is 8.24. The van der Waals surface area contributed by atoms with E-state index in [0.29, 0.717) is 19.5 Å². The Kier molecular flexibility index (Phi) is 7.80. The van der Waals surface area contributed by atoms with Gasteiger partial charge in [-0.3, -0.25) is 14.4 Å². The smallest absolute Gasteiger partial charge is 0.253 e. The molecule has 0 saturated carbocycles. The van der Waals surface area contributed by atoms with Crippen LogP contribution in [0.5, 0.6) is 0 Å². The second kappa shape index (κ2) is 10.9. The van der Waals surface area contributed by atoms with E-state index in [2.05, 4.69) is 18.7 Å². The normalized spacial score (nSPS) is 32.4. The number of fused-ring (bicyclic) bond motifs is 2. The van der Waals surface area contributed by atoms with Gasteiger partial charge in [-0.2, -0.15) is 0 Å². The van der Waals surface area contributed by atoms with Crippen LogP contribution >= 0.6 is 0 Å². The van der Waals surface area contributed by atoms with Gasteiger partial charge in [0.15, 0.2) is 0 Å². The lowest BCUT2D eigenvalue weighted by Gasteiger charge is -2.41. The first-order valence-electron chi connectivity index (χ1n) is 15.0. The number of amides is 3. The molecule has 7 atom stereocenters. The van der Waals surface area contributed by atoms with Crippen molar-refractivity contribution in [2.24, 2.45) is 17.8 Å². The lowest BCUT2D eigenvalue weighted by Crippen LogP contribution is -2.60. The molecule has 0 radical (unpaired) electrons. The Balaban J connectivity index is 1.63. The molecule has 1 unspecified atom stereocenters. The van der Waals surface area contributed by atoms with Crippen LogP contribution in [0.25, 0.3) is 0 Å². The molecular formula is C32H44N4O5. The van der Waals surface area contributed by atoms with Crippen molar-refractivity contribution >= 4 is 29.1 Å². The molecule has 4 aliphatic heterocycles. The maximum atomic E-state index is 14.7. The zero-order valence-corrected chi connectivity index (χ0v) is 25.1. The number of nitrogens with zero attached hydrogens (tertiary/aromatic N) is 4. The molecule has 1 N–H and O–H groups in total. The van der Waals surface area contributed by atoms with Crippen LogP contribution in [0.3, 0.4) is 0 Å². The van der Waals surface area contributed by atoms with Crippen LogP contribution in [0, 0.1) is 17.8 Å². The van der Waals surface area contributed by atoms with Gasteiger partial charge in [0.2, 0.25) is 11.8 Å². The number of ether oxygens (including phenoxy) is 1. The summed E-state index contributed by atoms with van der Waals surface area (Å²) in [5.41, 5.74) is -0.600. The molecule has 5 rings (SSSR count). The standard InChI is InChI=1S/C32H44N4O5/c1-7-21(4)24(20-37)36-27-30(40)35(23-14-12-22(13-15-23)34(8-2)9-3)19-11-17-32(27)26(29(36)39)25-28(38)33(6)18-10-16-31(25,5)41-32/h10-17,21,24-27,37H,7-9,18-20H2,1-6H3/t21-,24-,25+,26-,27?,31-,32-/m0/s1. The van der Waals surface area contributed by atoms with Crippen LogP contribution in [0.4, 0.5) is 11.4 Å². The first kappa shape index (κ1) is 29.3. The predicted octanol–water partition coefficient (Wildman–Crippen LogP) is 2.84. The monoisotopic (exact) mass is 564 g/mol. The first-order chi connectivity index (χ1) is 19.6. The van der Waals surface area contributed by atoms with E-state index in [-0.39, 0.29) is 30.2 Å². The summed E-state index contributed by atoms with van der Waals surface area (Å²) in [5.74, 6) is -2.50. The highest BCUT2D eigenvalue weighted by Gasteiger charge is 2.75. The van der Waals surface area contributed by atoms with E-state index >= 15 is 0 Å². The number of benzene rings is 1. The fourth-order valence-electron chi connectivity index (χ4n) is 7.42. The fourth-order valence-corrected chi connectivity index (χ4v) is 7.42. The minimum absolute atomic E-state index is 0.0690. The topological polar surface area (TPSA) is 93.6 Å². The Morgan fingerprint density at radius 3 is 2.24 bits per heavy atom. The fraction of sp³-hybridized carbons (Fsp3) is 0.594. The Morgan fingerprint density at radius 1 is 0.976 bits per heavy atom. The largest absolute Gasteiger partial charge is 0.394 e. The summed E-state index contributed by atoms with van der Waals surface area (Å²) in [6, 6.07) is 6.29. The van der Waals surface area contributed by atoms with Crippen LogP contribution in [-0.2, 0) is 19.1 Å². The first-order valence-corrected chi connectivity index (χ1v) is 15.0. The number of likely N-dealkylation sites (N-methyl/N-ethyl adjacent to an activating group) is 1. The highest BCUT2D eigenvalue weighted by molar-refractivity contribution is 6.06. The van der Waals surface area contributed by atoms with Gasteiger partial charge in [-0.25, -0.2) is 0 Å². The summed E-state index contributed by atoms with van der Waals surface area (Å²) in [4.78, 5) is 50.2. The van der Waals surface area contributed by atoms with E-state index in [1.54, 1.807) is 21.7 Å². The molecule has 2 saturated heterocycles. The van der Waals surface area contributed by atoms with E-state index < -0.39 is 35.1 Å². The minimum Gasteiger partial charge on any atom is -0.394 e. The maximum absolute atomic E-state index is 14.7. The predicted molar refractivity (Wildman–Crippen MR) is 158 cm³/mol. The Labute approximate surface area is 243 Å². The van der Waals surface area contributed by atoms with Crippen molar-refractivity contribution in [3.05, 3.63) is 48.6 Å². The van der Waals surface area contributed by atoms with E-state index in [4.69, 9.17) is 4.74 Å². The van der Waals surface area contributed by atoms with Crippen molar-refractivity contribution in [2.75, 3.05) is 49.6 Å². The number of carbonyl (C=O) groups excluding carboxylic acids is 3. The lowest BCUT2D eigenvalue weighted by molar-refractivity contribution is -0.152. The van der Waals surface area contributed by atoms with E-state index in [0.717, 1.165) is 24.5 Å². The molecule has 9 nitrogen and oxygen atoms in total. The Morgan fingerprint density at radius 2 is 1.63 bits per heavy atom. The third-order valence-electron chi connectivity index (χ3n) is 9.83. The van der Waals surface area contributed by atoms with Gasteiger partial charge in [0.25, 0.3) is 5.91 Å². The second-order valence-corrected chi connectivity index (χ2v) is 12.0. The van der Waals surface area contributed by atoms with Gasteiger partial charge in [-0.1, -0.05) is 44.6 Å².